The fourth-order valence-corrected chi connectivity index (χ4v) is 2.33. The third kappa shape index (κ3) is 2.64. The zero-order valence-corrected chi connectivity index (χ0v) is 10.9. The molecule has 0 aliphatic heterocycles. The second-order valence-electron chi connectivity index (χ2n) is 3.80. The van der Waals surface area contributed by atoms with E-state index in [1.54, 1.807) is 19.1 Å². The first-order valence-corrected chi connectivity index (χ1v) is 6.49. The molecule has 0 saturated heterocycles. The first-order valence-electron chi connectivity index (χ1n) is 5.44. The van der Waals surface area contributed by atoms with Gasteiger partial charge in [0.1, 0.15) is 16.6 Å². The summed E-state index contributed by atoms with van der Waals surface area (Å²) in [5, 5.41) is -0.270. The highest BCUT2D eigenvalue weighted by molar-refractivity contribution is 7.99. The number of methoxy groups -OCH3 is 1. The van der Waals surface area contributed by atoms with Gasteiger partial charge >= 0.3 is 5.97 Å². The third-order valence-electron chi connectivity index (χ3n) is 2.52. The van der Waals surface area contributed by atoms with Crippen LogP contribution in [0.5, 0.6) is 0 Å². The minimum absolute atomic E-state index is 0.270. The number of fused-ring (bicyclic) bond motifs is 1. The van der Waals surface area contributed by atoms with Gasteiger partial charge in [0.15, 0.2) is 5.82 Å². The molecule has 4 nitrogen and oxygen atoms in total. The molecular formula is C12H13FN2O2S. The Morgan fingerprint density at radius 1 is 1.61 bits per heavy atom. The molecule has 6 heteroatoms. The molecule has 0 amide bonds. The number of hydrogen-bond acceptors (Lipinski definition) is 4. The van der Waals surface area contributed by atoms with E-state index in [-0.39, 0.29) is 17.0 Å². The topological polar surface area (TPSA) is 55.0 Å². The van der Waals surface area contributed by atoms with E-state index in [0.717, 1.165) is 0 Å². The van der Waals surface area contributed by atoms with Crippen LogP contribution in [0.3, 0.4) is 0 Å². The Labute approximate surface area is 108 Å². The van der Waals surface area contributed by atoms with Crippen molar-refractivity contribution in [2.24, 2.45) is 0 Å². The number of carbonyl (C=O) groups is 1. The highest BCUT2D eigenvalue weighted by Crippen LogP contribution is 2.20. The molecule has 0 radical (unpaired) electrons. The monoisotopic (exact) mass is 268 g/mol. The lowest BCUT2D eigenvalue weighted by Crippen LogP contribution is -2.14. The summed E-state index contributed by atoms with van der Waals surface area (Å²) < 4.78 is 18.0. The van der Waals surface area contributed by atoms with Crippen LogP contribution in [0.25, 0.3) is 11.0 Å². The molecule has 2 rings (SSSR count). The SMILES string of the molecule is COC(=O)C(C)SCc1nc2c(F)cccc2[nH]1. The molecule has 1 heterocycles. The molecule has 2 aromatic rings. The molecule has 18 heavy (non-hydrogen) atoms. The highest BCUT2D eigenvalue weighted by Gasteiger charge is 2.15. The van der Waals surface area contributed by atoms with Crippen molar-refractivity contribution < 1.29 is 13.9 Å². The molecule has 0 saturated carbocycles. The average molecular weight is 268 g/mol. The summed E-state index contributed by atoms with van der Waals surface area (Å²) in [7, 11) is 1.36. The number of halogens is 1. The van der Waals surface area contributed by atoms with Crippen LogP contribution >= 0.6 is 11.8 Å². The first-order chi connectivity index (χ1) is 8.61. The summed E-state index contributed by atoms with van der Waals surface area (Å²) in [6, 6.07) is 4.77. The standard InChI is InChI=1S/C12H13FN2O2S/c1-7(12(16)17-2)18-6-10-14-9-5-3-4-8(13)11(9)15-10/h3-5,7H,6H2,1-2H3,(H,14,15). The van der Waals surface area contributed by atoms with Crippen LogP contribution in [-0.4, -0.2) is 28.3 Å². The predicted molar refractivity (Wildman–Crippen MR) is 68.8 cm³/mol. The van der Waals surface area contributed by atoms with Gasteiger partial charge in [0.2, 0.25) is 0 Å². The van der Waals surface area contributed by atoms with E-state index in [1.807, 2.05) is 0 Å². The lowest BCUT2D eigenvalue weighted by Gasteiger charge is -2.06. The molecule has 1 atom stereocenters. The molecule has 0 aliphatic rings. The van der Waals surface area contributed by atoms with Gasteiger partial charge in [-0.1, -0.05) is 6.07 Å². The van der Waals surface area contributed by atoms with Crippen molar-refractivity contribution in [3.05, 3.63) is 29.8 Å². The van der Waals surface area contributed by atoms with Gasteiger partial charge in [-0.15, -0.1) is 11.8 Å². The van der Waals surface area contributed by atoms with Gasteiger partial charge in [0, 0.05) is 0 Å². The molecule has 96 valence electrons. The van der Waals surface area contributed by atoms with Gasteiger partial charge < -0.3 is 9.72 Å². The number of benzene rings is 1. The number of nitrogens with zero attached hydrogens (tertiary/aromatic N) is 1. The zero-order chi connectivity index (χ0) is 13.1. The number of para-hydroxylation sites is 1. The van der Waals surface area contributed by atoms with Crippen LogP contribution in [0.4, 0.5) is 4.39 Å². The number of esters is 1. The maximum absolute atomic E-state index is 13.4. The fourth-order valence-electron chi connectivity index (χ4n) is 1.55. The molecule has 0 fully saturated rings. The van der Waals surface area contributed by atoms with Gasteiger partial charge in [0.25, 0.3) is 0 Å². The Balaban J connectivity index is 2.09. The Bertz CT molecular complexity index is 570. The number of aromatic amines is 1. The Morgan fingerprint density at radius 3 is 3.06 bits per heavy atom. The number of nitrogens with one attached hydrogen (secondary N) is 1. The van der Waals surface area contributed by atoms with Gasteiger partial charge in [-0.3, -0.25) is 4.79 Å². The molecule has 1 N–H and O–H groups in total. The average Bonchev–Trinajstić information content (AvgIpc) is 2.79. The summed E-state index contributed by atoms with van der Waals surface area (Å²) in [4.78, 5) is 18.4. The van der Waals surface area contributed by atoms with Crippen molar-refractivity contribution in [3.63, 3.8) is 0 Å². The summed E-state index contributed by atoms with van der Waals surface area (Å²) in [5.74, 6) is 0.531. The van der Waals surface area contributed by atoms with Crippen LogP contribution in [0.2, 0.25) is 0 Å². The van der Waals surface area contributed by atoms with E-state index in [9.17, 15) is 9.18 Å². The van der Waals surface area contributed by atoms with Gasteiger partial charge in [-0.2, -0.15) is 0 Å². The highest BCUT2D eigenvalue weighted by atomic mass is 32.2. The van der Waals surface area contributed by atoms with Gasteiger partial charge in [0.05, 0.1) is 18.4 Å². The van der Waals surface area contributed by atoms with Crippen LogP contribution in [0, 0.1) is 5.82 Å². The van der Waals surface area contributed by atoms with Crippen LogP contribution in [0.15, 0.2) is 18.2 Å². The van der Waals surface area contributed by atoms with Crippen molar-refractivity contribution >= 4 is 28.8 Å². The van der Waals surface area contributed by atoms with Crippen molar-refractivity contribution in [1.29, 1.82) is 0 Å². The third-order valence-corrected chi connectivity index (χ3v) is 3.65. The number of carbonyl (C=O) groups excluding carboxylic acids is 1. The number of rotatable bonds is 4. The Kier molecular flexibility index (Phi) is 3.86. The molecule has 1 unspecified atom stereocenters. The van der Waals surface area contributed by atoms with Crippen molar-refractivity contribution in [1.82, 2.24) is 9.97 Å². The number of H-pyrrole nitrogens is 1. The van der Waals surface area contributed by atoms with E-state index >= 15 is 0 Å². The van der Waals surface area contributed by atoms with Crippen molar-refractivity contribution in [3.8, 4) is 0 Å². The van der Waals surface area contributed by atoms with Crippen LogP contribution in [-0.2, 0) is 15.3 Å². The number of ether oxygens (including phenoxy) is 1. The molecule has 1 aromatic carbocycles. The van der Waals surface area contributed by atoms with Crippen LogP contribution < -0.4 is 0 Å². The summed E-state index contributed by atoms with van der Waals surface area (Å²) in [6.07, 6.45) is 0. The minimum atomic E-state index is -0.346. The number of aromatic nitrogens is 2. The van der Waals surface area contributed by atoms with Gasteiger partial charge in [-0.25, -0.2) is 9.37 Å². The van der Waals surface area contributed by atoms with E-state index in [1.165, 1.54) is 24.9 Å². The molecule has 0 aliphatic carbocycles. The van der Waals surface area contributed by atoms with E-state index < -0.39 is 0 Å². The second kappa shape index (κ2) is 5.39. The molecule has 1 aromatic heterocycles. The molecule has 0 bridgehead atoms. The maximum Gasteiger partial charge on any atom is 0.318 e. The lowest BCUT2D eigenvalue weighted by atomic mass is 10.3. The summed E-state index contributed by atoms with van der Waals surface area (Å²) in [5.41, 5.74) is 0.996. The first kappa shape index (κ1) is 12.9. The largest absolute Gasteiger partial charge is 0.468 e. The number of hydrogen-bond donors (Lipinski definition) is 1. The maximum atomic E-state index is 13.4. The smallest absolute Gasteiger partial charge is 0.318 e. The lowest BCUT2D eigenvalue weighted by molar-refractivity contribution is -0.139. The van der Waals surface area contributed by atoms with E-state index in [4.69, 9.17) is 0 Å². The van der Waals surface area contributed by atoms with E-state index in [2.05, 4.69) is 14.7 Å². The number of thioether (sulfide) groups is 1. The zero-order valence-electron chi connectivity index (χ0n) is 10.1. The number of imidazole rings is 1. The van der Waals surface area contributed by atoms with Gasteiger partial charge in [-0.05, 0) is 19.1 Å². The molecule has 0 spiro atoms. The van der Waals surface area contributed by atoms with E-state index in [0.29, 0.717) is 22.6 Å². The Morgan fingerprint density at radius 2 is 2.39 bits per heavy atom. The predicted octanol–water partition coefficient (Wildman–Crippen LogP) is 2.50. The minimum Gasteiger partial charge on any atom is -0.468 e. The van der Waals surface area contributed by atoms with Crippen molar-refractivity contribution in [2.75, 3.05) is 7.11 Å². The summed E-state index contributed by atoms with van der Waals surface area (Å²) >= 11 is 1.39. The van der Waals surface area contributed by atoms with Crippen LogP contribution in [0.1, 0.15) is 12.7 Å². The fraction of sp³-hybridized carbons (Fsp3) is 0.333. The Hall–Kier alpha value is -1.56. The normalized spacial score (nSPS) is 12.6. The van der Waals surface area contributed by atoms with Crippen molar-refractivity contribution in [2.45, 2.75) is 17.9 Å². The second-order valence-corrected chi connectivity index (χ2v) is 5.13. The summed E-state index contributed by atoms with van der Waals surface area (Å²) in [6.45, 7) is 1.76. The molecular weight excluding hydrogens is 255 g/mol. The quantitative estimate of drug-likeness (QED) is 0.866.